The van der Waals surface area contributed by atoms with Crippen LogP contribution in [-0.2, 0) is 6.42 Å². The molecule has 1 aromatic carbocycles. The summed E-state index contributed by atoms with van der Waals surface area (Å²) < 4.78 is 0. The lowest BCUT2D eigenvalue weighted by Gasteiger charge is -2.30. The Hall–Kier alpha value is -0.860. The largest absolute Gasteiger partial charge is 0.271 e. The van der Waals surface area contributed by atoms with Crippen molar-refractivity contribution >= 4 is 0 Å². The van der Waals surface area contributed by atoms with Crippen LogP contribution in [0.5, 0.6) is 0 Å². The molecule has 3 N–H and O–H groups in total. The average molecular weight is 258 g/mol. The molecule has 0 aliphatic heterocycles. The first-order valence-electron chi connectivity index (χ1n) is 7.78. The van der Waals surface area contributed by atoms with Crippen molar-refractivity contribution in [2.24, 2.45) is 23.6 Å². The number of rotatable bonds is 5. The SMILES string of the molecule is Cc1ccc(CCC(NN)C2CC3CCC2C3)cc1. The number of benzene rings is 1. The molecule has 2 saturated carbocycles. The van der Waals surface area contributed by atoms with Gasteiger partial charge >= 0.3 is 0 Å². The predicted octanol–water partition coefficient (Wildman–Crippen LogP) is 3.20. The number of hydrogen-bond acceptors (Lipinski definition) is 2. The predicted molar refractivity (Wildman–Crippen MR) is 79.5 cm³/mol. The third-order valence-corrected chi connectivity index (χ3v) is 5.39. The van der Waals surface area contributed by atoms with Crippen LogP contribution < -0.4 is 11.3 Å². The van der Waals surface area contributed by atoms with Gasteiger partial charge in [0.2, 0.25) is 0 Å². The molecule has 104 valence electrons. The van der Waals surface area contributed by atoms with Crippen LogP contribution in [-0.4, -0.2) is 6.04 Å². The average Bonchev–Trinajstić information content (AvgIpc) is 3.04. The van der Waals surface area contributed by atoms with Gasteiger partial charge < -0.3 is 0 Å². The van der Waals surface area contributed by atoms with Gasteiger partial charge in [-0.15, -0.1) is 0 Å². The maximum Gasteiger partial charge on any atom is 0.0244 e. The van der Waals surface area contributed by atoms with Gasteiger partial charge in [0.25, 0.3) is 0 Å². The Kier molecular flexibility index (Phi) is 3.90. The van der Waals surface area contributed by atoms with Gasteiger partial charge in [-0.2, -0.15) is 0 Å². The second-order valence-corrected chi connectivity index (χ2v) is 6.64. The lowest BCUT2D eigenvalue weighted by molar-refractivity contribution is 0.240. The highest BCUT2D eigenvalue weighted by Crippen LogP contribution is 2.49. The van der Waals surface area contributed by atoms with Gasteiger partial charge in [-0.1, -0.05) is 36.2 Å². The van der Waals surface area contributed by atoms with E-state index in [-0.39, 0.29) is 0 Å². The first-order valence-corrected chi connectivity index (χ1v) is 7.78. The molecule has 1 aromatic rings. The van der Waals surface area contributed by atoms with Crippen LogP contribution in [0.15, 0.2) is 24.3 Å². The zero-order chi connectivity index (χ0) is 13.2. The number of hydrazine groups is 1. The maximum atomic E-state index is 5.82. The fraction of sp³-hybridized carbons (Fsp3) is 0.647. The fourth-order valence-corrected chi connectivity index (χ4v) is 4.28. The van der Waals surface area contributed by atoms with Gasteiger partial charge in [-0.3, -0.25) is 11.3 Å². The minimum atomic E-state index is 0.511. The van der Waals surface area contributed by atoms with Crippen LogP contribution in [0, 0.1) is 24.7 Å². The van der Waals surface area contributed by atoms with Gasteiger partial charge in [0.15, 0.2) is 0 Å². The lowest BCUT2D eigenvalue weighted by atomic mass is 9.81. The second-order valence-electron chi connectivity index (χ2n) is 6.64. The summed E-state index contributed by atoms with van der Waals surface area (Å²) in [6, 6.07) is 9.43. The van der Waals surface area contributed by atoms with Gasteiger partial charge in [0.05, 0.1) is 0 Å². The summed E-state index contributed by atoms with van der Waals surface area (Å²) in [4.78, 5) is 0. The summed E-state index contributed by atoms with van der Waals surface area (Å²) in [6.07, 6.45) is 8.10. The van der Waals surface area contributed by atoms with E-state index in [1.54, 1.807) is 0 Å². The Labute approximate surface area is 116 Å². The summed E-state index contributed by atoms with van der Waals surface area (Å²) in [5.41, 5.74) is 5.89. The third kappa shape index (κ3) is 2.85. The molecular formula is C17H26N2. The number of nitrogens with one attached hydrogen (secondary N) is 1. The highest BCUT2D eigenvalue weighted by molar-refractivity contribution is 5.21. The quantitative estimate of drug-likeness (QED) is 0.629. The summed E-state index contributed by atoms with van der Waals surface area (Å²) in [5, 5.41) is 0. The van der Waals surface area contributed by atoms with Crippen molar-refractivity contribution in [1.29, 1.82) is 0 Å². The van der Waals surface area contributed by atoms with Crippen LogP contribution in [0.3, 0.4) is 0 Å². The summed E-state index contributed by atoms with van der Waals surface area (Å²) in [7, 11) is 0. The molecule has 0 aromatic heterocycles. The minimum absolute atomic E-state index is 0.511. The Bertz CT molecular complexity index is 412. The zero-order valence-electron chi connectivity index (χ0n) is 11.9. The van der Waals surface area contributed by atoms with Crippen LogP contribution in [0.25, 0.3) is 0 Å². The van der Waals surface area contributed by atoms with Crippen molar-refractivity contribution in [2.75, 3.05) is 0 Å². The summed E-state index contributed by atoms with van der Waals surface area (Å²) in [6.45, 7) is 2.14. The molecule has 0 heterocycles. The molecule has 2 aliphatic carbocycles. The topological polar surface area (TPSA) is 38.0 Å². The number of fused-ring (bicyclic) bond motifs is 2. The van der Waals surface area contributed by atoms with Crippen LogP contribution in [0.4, 0.5) is 0 Å². The van der Waals surface area contributed by atoms with Crippen LogP contribution >= 0.6 is 0 Å². The number of aryl methyl sites for hydroxylation is 2. The van der Waals surface area contributed by atoms with Crippen LogP contribution in [0.1, 0.15) is 43.2 Å². The molecule has 0 amide bonds. The van der Waals surface area contributed by atoms with E-state index in [1.807, 2.05) is 0 Å². The molecule has 2 nitrogen and oxygen atoms in total. The number of hydrogen-bond donors (Lipinski definition) is 2. The van der Waals surface area contributed by atoms with E-state index in [2.05, 4.69) is 36.6 Å². The van der Waals surface area contributed by atoms with Crippen molar-refractivity contribution in [3.8, 4) is 0 Å². The summed E-state index contributed by atoms with van der Waals surface area (Å²) >= 11 is 0. The Morgan fingerprint density at radius 1 is 1.21 bits per heavy atom. The first-order chi connectivity index (χ1) is 9.26. The molecule has 2 fully saturated rings. The molecule has 0 radical (unpaired) electrons. The van der Waals surface area contributed by atoms with E-state index in [1.165, 1.54) is 43.2 Å². The molecule has 3 rings (SSSR count). The number of nitrogens with two attached hydrogens (primary N) is 1. The molecule has 4 unspecified atom stereocenters. The monoisotopic (exact) mass is 258 g/mol. The Balaban J connectivity index is 1.56. The minimum Gasteiger partial charge on any atom is -0.271 e. The van der Waals surface area contributed by atoms with Gasteiger partial charge in [0.1, 0.15) is 0 Å². The van der Waals surface area contributed by atoms with Gasteiger partial charge in [0, 0.05) is 6.04 Å². The van der Waals surface area contributed by atoms with Gasteiger partial charge in [-0.05, 0) is 62.3 Å². The van der Waals surface area contributed by atoms with Crippen molar-refractivity contribution in [3.05, 3.63) is 35.4 Å². The molecule has 2 aliphatic rings. The zero-order valence-corrected chi connectivity index (χ0v) is 11.9. The highest BCUT2D eigenvalue weighted by atomic mass is 15.2. The van der Waals surface area contributed by atoms with Crippen LogP contribution in [0.2, 0.25) is 0 Å². The van der Waals surface area contributed by atoms with E-state index in [0.29, 0.717) is 6.04 Å². The molecular weight excluding hydrogens is 232 g/mol. The van der Waals surface area contributed by atoms with Gasteiger partial charge in [-0.25, -0.2) is 0 Å². The molecule has 0 saturated heterocycles. The van der Waals surface area contributed by atoms with E-state index < -0.39 is 0 Å². The fourth-order valence-electron chi connectivity index (χ4n) is 4.28. The normalized spacial score (nSPS) is 30.7. The standard InChI is InChI=1S/C17H26N2/c1-12-2-4-13(5-3-12)7-9-17(19-18)16-11-14-6-8-15(16)10-14/h2-5,14-17,19H,6-11,18H2,1H3. The Morgan fingerprint density at radius 3 is 2.58 bits per heavy atom. The summed E-state index contributed by atoms with van der Waals surface area (Å²) in [5.74, 6) is 8.60. The van der Waals surface area contributed by atoms with Crippen molar-refractivity contribution < 1.29 is 0 Å². The third-order valence-electron chi connectivity index (χ3n) is 5.39. The molecule has 2 bridgehead atoms. The first kappa shape index (κ1) is 13.1. The van der Waals surface area contributed by atoms with E-state index in [4.69, 9.17) is 5.84 Å². The maximum absolute atomic E-state index is 5.82. The molecule has 4 atom stereocenters. The van der Waals surface area contributed by atoms with Crippen molar-refractivity contribution in [1.82, 2.24) is 5.43 Å². The van der Waals surface area contributed by atoms with Crippen molar-refractivity contribution in [3.63, 3.8) is 0 Å². The van der Waals surface area contributed by atoms with E-state index in [0.717, 1.165) is 24.2 Å². The van der Waals surface area contributed by atoms with E-state index >= 15 is 0 Å². The lowest BCUT2D eigenvalue weighted by Crippen LogP contribution is -2.43. The Morgan fingerprint density at radius 2 is 2.00 bits per heavy atom. The van der Waals surface area contributed by atoms with Crippen molar-refractivity contribution in [2.45, 2.75) is 51.5 Å². The van der Waals surface area contributed by atoms with E-state index in [9.17, 15) is 0 Å². The molecule has 19 heavy (non-hydrogen) atoms. The molecule has 0 spiro atoms. The second kappa shape index (κ2) is 5.64. The molecule has 2 heteroatoms. The smallest absolute Gasteiger partial charge is 0.0244 e. The highest BCUT2D eigenvalue weighted by Gasteiger charge is 2.42.